The first-order chi connectivity index (χ1) is 12.3. The number of hydrogen-bond donors (Lipinski definition) is 1. The highest BCUT2D eigenvalue weighted by Crippen LogP contribution is 2.32. The van der Waals surface area contributed by atoms with Crippen molar-refractivity contribution in [3.63, 3.8) is 0 Å². The number of carbonyl (C=O) groups excluding carboxylic acids is 1. The van der Waals surface area contributed by atoms with Crippen LogP contribution in [0.25, 0.3) is 0 Å². The van der Waals surface area contributed by atoms with Crippen molar-refractivity contribution in [1.29, 1.82) is 0 Å². The van der Waals surface area contributed by atoms with Gasteiger partial charge in [-0.2, -0.15) is 4.31 Å². The number of anilines is 1. The molecule has 1 N–H and O–H groups in total. The predicted molar refractivity (Wildman–Crippen MR) is 108 cm³/mol. The summed E-state index contributed by atoms with van der Waals surface area (Å²) in [5.74, 6) is 0.138. The number of nitrogens with zero attached hydrogens (tertiary/aromatic N) is 1. The van der Waals surface area contributed by atoms with Gasteiger partial charge < -0.3 is 5.32 Å². The van der Waals surface area contributed by atoms with Crippen molar-refractivity contribution in [3.8, 4) is 0 Å². The molecule has 1 aliphatic rings. The monoisotopic (exact) mass is 456 g/mol. The Kier molecular flexibility index (Phi) is 5.86. The van der Waals surface area contributed by atoms with E-state index in [-0.39, 0.29) is 10.1 Å². The Morgan fingerprint density at radius 2 is 1.92 bits per heavy atom. The molecule has 1 atom stereocenters. The molecule has 0 radical (unpaired) electrons. The fourth-order valence-corrected chi connectivity index (χ4v) is 6.81. The van der Waals surface area contributed by atoms with Crippen LogP contribution >= 0.6 is 27.3 Å². The smallest absolute Gasteiger partial charge is 0.253 e. The van der Waals surface area contributed by atoms with Crippen molar-refractivity contribution in [2.75, 3.05) is 11.9 Å². The Morgan fingerprint density at radius 3 is 2.50 bits per heavy atom. The molecule has 1 aromatic heterocycles. The fourth-order valence-electron chi connectivity index (χ4n) is 3.02. The molecule has 1 aromatic carbocycles. The molecule has 0 aliphatic carbocycles. The lowest BCUT2D eigenvalue weighted by Crippen LogP contribution is -2.42. The molecule has 1 unspecified atom stereocenters. The Bertz CT molecular complexity index is 891. The van der Waals surface area contributed by atoms with E-state index in [0.717, 1.165) is 15.1 Å². The number of nitrogens with one attached hydrogen (secondary N) is 1. The van der Waals surface area contributed by atoms with E-state index in [1.165, 1.54) is 9.87 Å². The van der Waals surface area contributed by atoms with Gasteiger partial charge in [-0.3, -0.25) is 4.79 Å². The molecule has 3 rings (SSSR count). The first-order valence-electron chi connectivity index (χ1n) is 8.47. The summed E-state index contributed by atoms with van der Waals surface area (Å²) < 4.78 is 28.1. The Morgan fingerprint density at radius 1 is 1.23 bits per heavy atom. The summed E-state index contributed by atoms with van der Waals surface area (Å²) in [5.41, 5.74) is 1.87. The van der Waals surface area contributed by atoms with E-state index in [1.807, 2.05) is 24.3 Å². The average molecular weight is 457 g/mol. The largest absolute Gasteiger partial charge is 0.325 e. The van der Waals surface area contributed by atoms with Crippen molar-refractivity contribution in [3.05, 3.63) is 45.7 Å². The minimum atomic E-state index is -3.66. The second-order valence-electron chi connectivity index (χ2n) is 6.60. The van der Waals surface area contributed by atoms with Gasteiger partial charge in [0.25, 0.3) is 10.0 Å². The quantitative estimate of drug-likeness (QED) is 0.723. The summed E-state index contributed by atoms with van der Waals surface area (Å²) in [6, 6.07) is 10.3. The van der Waals surface area contributed by atoms with Crippen LogP contribution in [0.3, 0.4) is 0 Å². The fraction of sp³-hybridized carbons (Fsp3) is 0.389. The van der Waals surface area contributed by atoms with Crippen LogP contribution in [0.15, 0.2) is 44.4 Å². The molecule has 26 heavy (non-hydrogen) atoms. The summed E-state index contributed by atoms with van der Waals surface area (Å²) in [6.07, 6.45) is 1.21. The van der Waals surface area contributed by atoms with E-state index in [2.05, 4.69) is 35.1 Å². The van der Waals surface area contributed by atoms with Crippen LogP contribution in [0.4, 0.5) is 5.69 Å². The van der Waals surface area contributed by atoms with Crippen LogP contribution in [0, 0.1) is 0 Å². The van der Waals surface area contributed by atoms with Gasteiger partial charge in [-0.05, 0) is 64.5 Å². The normalized spacial score (nSPS) is 18.4. The summed E-state index contributed by atoms with van der Waals surface area (Å²) in [4.78, 5) is 12.7. The molecule has 0 spiro atoms. The first-order valence-corrected chi connectivity index (χ1v) is 11.5. The number of amides is 1. The van der Waals surface area contributed by atoms with Gasteiger partial charge in [-0.1, -0.05) is 26.0 Å². The zero-order valence-corrected chi connectivity index (χ0v) is 17.8. The Hall–Kier alpha value is -1.22. The standard InChI is InChI=1S/C18H21BrN2O3S2/c1-12(2)13-5-7-14(8-6-13)20-18(22)15-4-3-11-21(15)26(23,24)17-10-9-16(19)25-17/h5-10,12,15H,3-4,11H2,1-2H3,(H,20,22). The van der Waals surface area contributed by atoms with Crippen molar-refractivity contribution in [1.82, 2.24) is 4.31 Å². The number of sulfonamides is 1. The van der Waals surface area contributed by atoms with Crippen LogP contribution in [0.2, 0.25) is 0 Å². The zero-order chi connectivity index (χ0) is 18.9. The number of benzene rings is 1. The van der Waals surface area contributed by atoms with Gasteiger partial charge >= 0.3 is 0 Å². The van der Waals surface area contributed by atoms with E-state index in [9.17, 15) is 13.2 Å². The predicted octanol–water partition coefficient (Wildman–Crippen LogP) is 4.43. The molecule has 2 aromatic rings. The van der Waals surface area contributed by atoms with Crippen molar-refractivity contribution < 1.29 is 13.2 Å². The Balaban J connectivity index is 1.76. The van der Waals surface area contributed by atoms with E-state index in [1.54, 1.807) is 12.1 Å². The molecule has 8 heteroatoms. The Labute approximate surface area is 166 Å². The van der Waals surface area contributed by atoms with Crippen molar-refractivity contribution >= 4 is 48.9 Å². The van der Waals surface area contributed by atoms with Crippen LogP contribution < -0.4 is 5.32 Å². The molecule has 0 saturated carbocycles. The summed E-state index contributed by atoms with van der Waals surface area (Å²) in [5, 5.41) is 2.86. The molecule has 1 saturated heterocycles. The maximum Gasteiger partial charge on any atom is 0.253 e. The van der Waals surface area contributed by atoms with E-state index in [4.69, 9.17) is 0 Å². The molecule has 1 aliphatic heterocycles. The van der Waals surface area contributed by atoms with E-state index >= 15 is 0 Å². The van der Waals surface area contributed by atoms with Gasteiger partial charge in [0.2, 0.25) is 5.91 Å². The maximum atomic E-state index is 12.9. The number of rotatable bonds is 5. The molecule has 5 nitrogen and oxygen atoms in total. The van der Waals surface area contributed by atoms with Crippen LogP contribution in [0.1, 0.15) is 38.2 Å². The minimum absolute atomic E-state index is 0.255. The third-order valence-electron chi connectivity index (χ3n) is 4.46. The van der Waals surface area contributed by atoms with Gasteiger partial charge in [0, 0.05) is 12.2 Å². The highest BCUT2D eigenvalue weighted by Gasteiger charge is 2.40. The third-order valence-corrected chi connectivity index (χ3v) is 8.46. The summed E-state index contributed by atoms with van der Waals surface area (Å²) in [7, 11) is -3.66. The summed E-state index contributed by atoms with van der Waals surface area (Å²) >= 11 is 4.45. The number of carbonyl (C=O) groups is 1. The third kappa shape index (κ3) is 4.03. The van der Waals surface area contributed by atoms with Crippen molar-refractivity contribution in [2.24, 2.45) is 0 Å². The first kappa shape index (κ1) is 19.5. The number of hydrogen-bond acceptors (Lipinski definition) is 4. The molecule has 1 amide bonds. The lowest BCUT2D eigenvalue weighted by Gasteiger charge is -2.22. The SMILES string of the molecule is CC(C)c1ccc(NC(=O)C2CCCN2S(=O)(=O)c2ccc(Br)s2)cc1. The highest BCUT2D eigenvalue weighted by atomic mass is 79.9. The van der Waals surface area contributed by atoms with Crippen LogP contribution in [-0.4, -0.2) is 31.2 Å². The second-order valence-corrected chi connectivity index (χ2v) is 11.2. The lowest BCUT2D eigenvalue weighted by atomic mass is 10.0. The minimum Gasteiger partial charge on any atom is -0.325 e. The zero-order valence-electron chi connectivity index (χ0n) is 14.6. The van der Waals surface area contributed by atoms with Crippen LogP contribution in [-0.2, 0) is 14.8 Å². The average Bonchev–Trinajstić information content (AvgIpc) is 3.24. The molecule has 0 bridgehead atoms. The van der Waals surface area contributed by atoms with Crippen LogP contribution in [0.5, 0.6) is 0 Å². The van der Waals surface area contributed by atoms with Gasteiger partial charge in [-0.25, -0.2) is 8.42 Å². The topological polar surface area (TPSA) is 66.5 Å². The molecular formula is C18H21BrN2O3S2. The van der Waals surface area contributed by atoms with Crippen molar-refractivity contribution in [2.45, 2.75) is 42.9 Å². The van der Waals surface area contributed by atoms with Gasteiger partial charge in [0.15, 0.2) is 0 Å². The molecule has 140 valence electrons. The molecule has 1 fully saturated rings. The van der Waals surface area contributed by atoms with E-state index in [0.29, 0.717) is 31.0 Å². The summed E-state index contributed by atoms with van der Waals surface area (Å²) in [6.45, 7) is 4.58. The second kappa shape index (κ2) is 7.80. The molecule has 2 heterocycles. The maximum absolute atomic E-state index is 12.9. The molecular weight excluding hydrogens is 436 g/mol. The lowest BCUT2D eigenvalue weighted by molar-refractivity contribution is -0.119. The van der Waals surface area contributed by atoms with Gasteiger partial charge in [0.05, 0.1) is 3.79 Å². The number of thiophene rings is 1. The van der Waals surface area contributed by atoms with Gasteiger partial charge in [0.1, 0.15) is 10.3 Å². The van der Waals surface area contributed by atoms with Gasteiger partial charge in [-0.15, -0.1) is 11.3 Å². The van der Waals surface area contributed by atoms with E-state index < -0.39 is 16.1 Å². The number of halogens is 1. The highest BCUT2D eigenvalue weighted by molar-refractivity contribution is 9.11.